The highest BCUT2D eigenvalue weighted by Crippen LogP contribution is 2.24. The zero-order chi connectivity index (χ0) is 10.7. The predicted molar refractivity (Wildman–Crippen MR) is 53.9 cm³/mol. The molecule has 0 aliphatic heterocycles. The number of aromatic carboxylic acids is 1. The summed E-state index contributed by atoms with van der Waals surface area (Å²) in [5, 5.41) is 11.6. The average Bonchev–Trinajstić information content (AvgIpc) is 2.86. The highest BCUT2D eigenvalue weighted by Gasteiger charge is 2.16. The molecule has 5 heteroatoms. The van der Waals surface area contributed by atoms with Crippen molar-refractivity contribution >= 4 is 12.0 Å². The van der Waals surface area contributed by atoms with E-state index in [0.29, 0.717) is 11.9 Å². The van der Waals surface area contributed by atoms with Crippen LogP contribution in [0.3, 0.4) is 0 Å². The molecule has 1 aliphatic rings. The predicted octanol–water partition coefficient (Wildman–Crippen LogP) is 1.97. The van der Waals surface area contributed by atoms with Gasteiger partial charge in [0.2, 0.25) is 0 Å². The molecule has 82 valence electrons. The maximum atomic E-state index is 10.5. The van der Waals surface area contributed by atoms with Crippen molar-refractivity contribution in [1.29, 1.82) is 0 Å². The van der Waals surface area contributed by atoms with Crippen LogP contribution in [0.4, 0.5) is 6.01 Å². The summed E-state index contributed by atoms with van der Waals surface area (Å²) in [6.45, 7) is 0.819. The Morgan fingerprint density at radius 1 is 1.60 bits per heavy atom. The number of nitrogens with zero attached hydrogens (tertiary/aromatic N) is 1. The molecule has 2 rings (SSSR count). The summed E-state index contributed by atoms with van der Waals surface area (Å²) in [5.41, 5.74) is -0.0519. The van der Waals surface area contributed by atoms with E-state index < -0.39 is 5.97 Å². The number of hydrogen-bond acceptors (Lipinski definition) is 4. The number of carboxylic acid groups (broad SMARTS) is 1. The van der Waals surface area contributed by atoms with Crippen LogP contribution in [0.25, 0.3) is 0 Å². The molecule has 0 aromatic carbocycles. The minimum atomic E-state index is -1.06. The maximum absolute atomic E-state index is 10.5. The van der Waals surface area contributed by atoms with Gasteiger partial charge in [-0.25, -0.2) is 4.79 Å². The lowest BCUT2D eigenvalue weighted by Crippen LogP contribution is -2.11. The first-order chi connectivity index (χ1) is 7.25. The Hall–Kier alpha value is -1.52. The first kappa shape index (κ1) is 10.0. The Bertz CT molecular complexity index is 342. The lowest BCUT2D eigenvalue weighted by Gasteiger charge is -2.07. The summed E-state index contributed by atoms with van der Waals surface area (Å²) >= 11 is 0. The molecule has 1 aromatic rings. The standard InChI is InChI=1S/C10H14N2O3/c13-9(14)8-6-15-10(12-8)11-5-7-3-1-2-4-7/h6-7H,1-5H2,(H,11,12)(H,13,14). The van der Waals surface area contributed by atoms with Gasteiger partial charge in [-0.1, -0.05) is 12.8 Å². The van der Waals surface area contributed by atoms with E-state index in [-0.39, 0.29) is 5.69 Å². The van der Waals surface area contributed by atoms with Gasteiger partial charge in [0, 0.05) is 6.54 Å². The quantitative estimate of drug-likeness (QED) is 0.794. The van der Waals surface area contributed by atoms with Crippen LogP contribution >= 0.6 is 0 Å². The van der Waals surface area contributed by atoms with Gasteiger partial charge in [0.1, 0.15) is 6.26 Å². The zero-order valence-corrected chi connectivity index (χ0v) is 8.40. The van der Waals surface area contributed by atoms with Crippen molar-refractivity contribution in [3.63, 3.8) is 0 Å². The average molecular weight is 210 g/mol. The van der Waals surface area contributed by atoms with E-state index in [2.05, 4.69) is 10.3 Å². The van der Waals surface area contributed by atoms with E-state index in [9.17, 15) is 4.79 Å². The van der Waals surface area contributed by atoms with Crippen molar-refractivity contribution in [2.45, 2.75) is 25.7 Å². The summed E-state index contributed by atoms with van der Waals surface area (Å²) in [7, 11) is 0. The number of anilines is 1. The van der Waals surface area contributed by atoms with Gasteiger partial charge >= 0.3 is 5.97 Å². The molecule has 1 fully saturated rings. The van der Waals surface area contributed by atoms with Crippen LogP contribution in [0.1, 0.15) is 36.2 Å². The molecule has 0 atom stereocenters. The Morgan fingerprint density at radius 3 is 2.93 bits per heavy atom. The second-order valence-electron chi connectivity index (χ2n) is 3.87. The van der Waals surface area contributed by atoms with Crippen LogP contribution < -0.4 is 5.32 Å². The van der Waals surface area contributed by atoms with E-state index in [1.54, 1.807) is 0 Å². The fraction of sp³-hybridized carbons (Fsp3) is 0.600. The Morgan fingerprint density at radius 2 is 2.33 bits per heavy atom. The smallest absolute Gasteiger partial charge is 0.357 e. The van der Waals surface area contributed by atoms with E-state index >= 15 is 0 Å². The molecular weight excluding hydrogens is 196 g/mol. The van der Waals surface area contributed by atoms with Gasteiger partial charge < -0.3 is 14.8 Å². The number of carbonyl (C=O) groups is 1. The topological polar surface area (TPSA) is 75.4 Å². The van der Waals surface area contributed by atoms with E-state index in [1.165, 1.54) is 25.7 Å². The van der Waals surface area contributed by atoms with Crippen molar-refractivity contribution in [1.82, 2.24) is 4.98 Å². The van der Waals surface area contributed by atoms with Gasteiger partial charge in [-0.15, -0.1) is 0 Å². The molecule has 15 heavy (non-hydrogen) atoms. The second-order valence-corrected chi connectivity index (χ2v) is 3.87. The highest BCUT2D eigenvalue weighted by molar-refractivity contribution is 5.85. The molecule has 0 spiro atoms. The molecule has 2 N–H and O–H groups in total. The Kier molecular flexibility index (Phi) is 2.89. The summed E-state index contributed by atoms with van der Waals surface area (Å²) < 4.78 is 4.98. The van der Waals surface area contributed by atoms with E-state index in [0.717, 1.165) is 12.8 Å². The largest absolute Gasteiger partial charge is 0.476 e. The SMILES string of the molecule is O=C(O)c1coc(NCC2CCCC2)n1. The fourth-order valence-corrected chi connectivity index (χ4v) is 1.90. The molecule has 1 heterocycles. The van der Waals surface area contributed by atoms with Crippen molar-refractivity contribution < 1.29 is 14.3 Å². The Labute approximate surface area is 87.5 Å². The Balaban J connectivity index is 1.84. The lowest BCUT2D eigenvalue weighted by molar-refractivity contribution is 0.0690. The molecule has 0 saturated heterocycles. The molecular formula is C10H14N2O3. The number of hydrogen-bond donors (Lipinski definition) is 2. The molecule has 1 aliphatic carbocycles. The number of carboxylic acids is 1. The van der Waals surface area contributed by atoms with Gasteiger partial charge in [0.25, 0.3) is 6.01 Å². The van der Waals surface area contributed by atoms with Gasteiger partial charge in [-0.2, -0.15) is 4.98 Å². The highest BCUT2D eigenvalue weighted by atomic mass is 16.4. The lowest BCUT2D eigenvalue weighted by atomic mass is 10.1. The summed E-state index contributed by atoms with van der Waals surface area (Å²) in [6, 6.07) is 0.305. The summed E-state index contributed by atoms with van der Waals surface area (Å²) in [4.78, 5) is 14.3. The minimum absolute atomic E-state index is 0.0519. The van der Waals surface area contributed by atoms with Crippen LogP contribution in [-0.4, -0.2) is 22.6 Å². The normalized spacial score (nSPS) is 16.8. The maximum Gasteiger partial charge on any atom is 0.357 e. The van der Waals surface area contributed by atoms with Crippen LogP contribution in [0.15, 0.2) is 10.7 Å². The summed E-state index contributed by atoms with van der Waals surface area (Å²) in [5.74, 6) is -0.391. The molecule has 0 unspecified atom stereocenters. The van der Waals surface area contributed by atoms with E-state index in [1.807, 2.05) is 0 Å². The van der Waals surface area contributed by atoms with Crippen LogP contribution in [0.2, 0.25) is 0 Å². The third-order valence-electron chi connectivity index (χ3n) is 2.74. The van der Waals surface area contributed by atoms with Crippen molar-refractivity contribution in [3.8, 4) is 0 Å². The molecule has 5 nitrogen and oxygen atoms in total. The fourth-order valence-electron chi connectivity index (χ4n) is 1.90. The zero-order valence-electron chi connectivity index (χ0n) is 8.40. The second kappa shape index (κ2) is 4.33. The monoisotopic (exact) mass is 210 g/mol. The van der Waals surface area contributed by atoms with Crippen molar-refractivity contribution in [2.24, 2.45) is 5.92 Å². The molecule has 0 bridgehead atoms. The van der Waals surface area contributed by atoms with Crippen molar-refractivity contribution in [2.75, 3.05) is 11.9 Å². The third-order valence-corrected chi connectivity index (χ3v) is 2.74. The number of aromatic nitrogens is 1. The van der Waals surface area contributed by atoms with Crippen molar-refractivity contribution in [3.05, 3.63) is 12.0 Å². The van der Waals surface area contributed by atoms with Crippen LogP contribution in [0.5, 0.6) is 0 Å². The van der Waals surface area contributed by atoms with Gasteiger partial charge in [-0.3, -0.25) is 0 Å². The first-order valence-electron chi connectivity index (χ1n) is 5.18. The minimum Gasteiger partial charge on any atom is -0.476 e. The molecule has 0 radical (unpaired) electrons. The van der Waals surface area contributed by atoms with E-state index in [4.69, 9.17) is 9.52 Å². The van der Waals surface area contributed by atoms with Crippen LogP contribution in [-0.2, 0) is 0 Å². The molecule has 1 aromatic heterocycles. The molecule has 1 saturated carbocycles. The first-order valence-corrected chi connectivity index (χ1v) is 5.18. The molecule has 0 amide bonds. The number of nitrogens with one attached hydrogen (secondary N) is 1. The van der Waals surface area contributed by atoms with Gasteiger partial charge in [-0.05, 0) is 18.8 Å². The van der Waals surface area contributed by atoms with Gasteiger partial charge in [0.15, 0.2) is 5.69 Å². The number of rotatable bonds is 4. The number of oxazole rings is 1. The van der Waals surface area contributed by atoms with Crippen LogP contribution in [0, 0.1) is 5.92 Å². The summed E-state index contributed by atoms with van der Waals surface area (Å²) in [6.07, 6.45) is 6.20. The third kappa shape index (κ3) is 2.49. The van der Waals surface area contributed by atoms with Gasteiger partial charge in [0.05, 0.1) is 0 Å².